The number of nitrogens with zero attached hydrogens (tertiary/aromatic N) is 2. The third-order valence-electron chi connectivity index (χ3n) is 8.09. The number of benzene rings is 2. The summed E-state index contributed by atoms with van der Waals surface area (Å²) in [6.07, 6.45) is 0.617. The fourth-order valence-corrected chi connectivity index (χ4v) is 5.42. The van der Waals surface area contributed by atoms with Crippen molar-refractivity contribution in [2.45, 2.75) is 54.1 Å². The third-order valence-corrected chi connectivity index (χ3v) is 8.88. The largest absolute Gasteiger partial charge is 0.457 e. The van der Waals surface area contributed by atoms with Gasteiger partial charge in [-0.3, -0.25) is 0 Å². The van der Waals surface area contributed by atoms with Gasteiger partial charge < -0.3 is 4.74 Å². The summed E-state index contributed by atoms with van der Waals surface area (Å²) in [5, 5.41) is 6.27. The predicted octanol–water partition coefficient (Wildman–Crippen LogP) is 8.43. The molecule has 7 heteroatoms. The molecule has 4 rings (SSSR count). The number of aromatic nitrogens is 2. The van der Waals surface area contributed by atoms with Gasteiger partial charge in [0, 0.05) is 26.6 Å². The van der Waals surface area contributed by atoms with Crippen LogP contribution in [-0.2, 0) is 4.74 Å². The molecule has 0 amide bonds. The summed E-state index contributed by atoms with van der Waals surface area (Å²) >= 11 is 18.8. The number of rotatable bonds is 4. The van der Waals surface area contributed by atoms with Gasteiger partial charge in [-0.15, -0.1) is 0 Å². The van der Waals surface area contributed by atoms with E-state index in [1.54, 1.807) is 35.0 Å². The molecule has 0 bridgehead atoms. The molecule has 1 fully saturated rings. The van der Waals surface area contributed by atoms with E-state index in [4.69, 9.17) is 44.6 Å². The van der Waals surface area contributed by atoms with Crippen LogP contribution in [0.15, 0.2) is 42.5 Å². The Morgan fingerprint density at radius 3 is 2.18 bits per heavy atom. The average molecular weight is 520 g/mol. The van der Waals surface area contributed by atoms with Gasteiger partial charge in [-0.2, -0.15) is 5.10 Å². The highest BCUT2D eigenvalue weighted by Gasteiger charge is 2.54. The Labute approximate surface area is 216 Å². The van der Waals surface area contributed by atoms with Crippen LogP contribution >= 0.6 is 34.8 Å². The van der Waals surface area contributed by atoms with Crippen molar-refractivity contribution in [1.29, 1.82) is 0 Å². The lowest BCUT2D eigenvalue weighted by molar-refractivity contribution is -0.0207. The van der Waals surface area contributed by atoms with Crippen LogP contribution in [0.3, 0.4) is 0 Å². The Kier molecular flexibility index (Phi) is 6.56. The van der Waals surface area contributed by atoms with Gasteiger partial charge in [0.2, 0.25) is 0 Å². The van der Waals surface area contributed by atoms with Gasteiger partial charge in [0.05, 0.1) is 16.4 Å². The standard InChI is InChI=1S/C27H29Cl3N2O2/c1-15-13-22(27(5,6)26(15,3)4)34-25(33)23-16(2)24(17-7-9-18(28)10-8-17)32(31-23)21-12-11-19(29)14-20(21)30/h7-12,14-15,22H,13H2,1-6H3. The minimum absolute atomic E-state index is 0.0393. The van der Waals surface area contributed by atoms with Crippen molar-refractivity contribution in [2.75, 3.05) is 0 Å². The van der Waals surface area contributed by atoms with Gasteiger partial charge in [-0.05, 0) is 55.0 Å². The fraction of sp³-hybridized carbons (Fsp3) is 0.407. The molecule has 0 saturated heterocycles. The van der Waals surface area contributed by atoms with E-state index in [1.165, 1.54) is 0 Å². The van der Waals surface area contributed by atoms with E-state index in [1.807, 2.05) is 19.1 Å². The minimum atomic E-state index is -0.431. The number of ether oxygens (including phenoxy) is 1. The molecular weight excluding hydrogens is 491 g/mol. The molecule has 3 aromatic rings. The van der Waals surface area contributed by atoms with Crippen molar-refractivity contribution in [3.8, 4) is 16.9 Å². The van der Waals surface area contributed by atoms with Gasteiger partial charge >= 0.3 is 5.97 Å². The van der Waals surface area contributed by atoms with Crippen LogP contribution in [0.4, 0.5) is 0 Å². The van der Waals surface area contributed by atoms with Gasteiger partial charge in [0.25, 0.3) is 0 Å². The number of halogens is 3. The average Bonchev–Trinajstić information content (AvgIpc) is 3.16. The van der Waals surface area contributed by atoms with Crippen LogP contribution in [0.5, 0.6) is 0 Å². The molecule has 4 nitrogen and oxygen atoms in total. The molecule has 1 aliphatic rings. The molecule has 180 valence electrons. The van der Waals surface area contributed by atoms with Crippen molar-refractivity contribution >= 4 is 40.8 Å². The molecule has 0 N–H and O–H groups in total. The molecule has 0 radical (unpaired) electrons. The monoisotopic (exact) mass is 518 g/mol. The van der Waals surface area contributed by atoms with E-state index < -0.39 is 5.97 Å². The normalized spacial score (nSPS) is 21.0. The van der Waals surface area contributed by atoms with E-state index in [0.29, 0.717) is 32.2 Å². The number of hydrogen-bond donors (Lipinski definition) is 0. The first-order valence-corrected chi connectivity index (χ1v) is 12.5. The first-order chi connectivity index (χ1) is 15.8. The van der Waals surface area contributed by atoms with Crippen LogP contribution in [0.25, 0.3) is 16.9 Å². The molecule has 34 heavy (non-hydrogen) atoms. The fourth-order valence-electron chi connectivity index (χ4n) is 4.80. The second-order valence-electron chi connectivity index (χ2n) is 10.3. The maximum absolute atomic E-state index is 13.5. The van der Waals surface area contributed by atoms with Crippen LogP contribution < -0.4 is 0 Å². The molecule has 2 atom stereocenters. The summed E-state index contributed by atoms with van der Waals surface area (Å²) < 4.78 is 7.80. The van der Waals surface area contributed by atoms with Gasteiger partial charge in [-0.1, -0.05) is 81.6 Å². The predicted molar refractivity (Wildman–Crippen MR) is 139 cm³/mol. The van der Waals surface area contributed by atoms with Crippen LogP contribution in [0.2, 0.25) is 15.1 Å². The van der Waals surface area contributed by atoms with Crippen molar-refractivity contribution < 1.29 is 9.53 Å². The lowest BCUT2D eigenvalue weighted by Gasteiger charge is -2.40. The summed E-state index contributed by atoms with van der Waals surface area (Å²) in [5.74, 6) is -0.00372. The lowest BCUT2D eigenvalue weighted by atomic mass is 9.67. The van der Waals surface area contributed by atoms with E-state index in [9.17, 15) is 4.79 Å². The molecule has 1 aromatic heterocycles. The van der Waals surface area contributed by atoms with Gasteiger partial charge in [0.15, 0.2) is 5.69 Å². The molecule has 1 saturated carbocycles. The lowest BCUT2D eigenvalue weighted by Crippen LogP contribution is -2.38. The molecule has 1 heterocycles. The topological polar surface area (TPSA) is 44.1 Å². The molecular formula is C27H29Cl3N2O2. The number of carbonyl (C=O) groups is 1. The van der Waals surface area contributed by atoms with E-state index in [2.05, 4.69) is 34.6 Å². The summed E-state index contributed by atoms with van der Waals surface area (Å²) in [6.45, 7) is 12.9. The Hall–Kier alpha value is -2.01. The van der Waals surface area contributed by atoms with Crippen LogP contribution in [-0.4, -0.2) is 21.9 Å². The number of esters is 1. The van der Waals surface area contributed by atoms with E-state index in [-0.39, 0.29) is 22.6 Å². The smallest absolute Gasteiger partial charge is 0.359 e. The Morgan fingerprint density at radius 2 is 1.62 bits per heavy atom. The molecule has 2 unspecified atom stereocenters. The summed E-state index contributed by atoms with van der Waals surface area (Å²) in [6, 6.07) is 12.6. The highest BCUT2D eigenvalue weighted by atomic mass is 35.5. The van der Waals surface area contributed by atoms with E-state index >= 15 is 0 Å². The van der Waals surface area contributed by atoms with Crippen molar-refractivity contribution in [2.24, 2.45) is 16.7 Å². The summed E-state index contributed by atoms with van der Waals surface area (Å²) in [5.41, 5.74) is 3.07. The second-order valence-corrected chi connectivity index (χ2v) is 11.6. The summed E-state index contributed by atoms with van der Waals surface area (Å²) in [4.78, 5) is 13.5. The zero-order chi connectivity index (χ0) is 25.0. The second kappa shape index (κ2) is 8.89. The van der Waals surface area contributed by atoms with Crippen molar-refractivity contribution in [3.05, 3.63) is 68.8 Å². The van der Waals surface area contributed by atoms with Crippen LogP contribution in [0.1, 0.15) is 57.1 Å². The van der Waals surface area contributed by atoms with Crippen molar-refractivity contribution in [1.82, 2.24) is 9.78 Å². The van der Waals surface area contributed by atoms with Gasteiger partial charge in [0.1, 0.15) is 6.10 Å². The highest BCUT2D eigenvalue weighted by Crippen LogP contribution is 2.56. The Morgan fingerprint density at radius 1 is 1.00 bits per heavy atom. The number of hydrogen-bond acceptors (Lipinski definition) is 3. The zero-order valence-corrected chi connectivity index (χ0v) is 22.5. The highest BCUT2D eigenvalue weighted by molar-refractivity contribution is 6.35. The maximum Gasteiger partial charge on any atom is 0.359 e. The Bertz CT molecular complexity index is 1250. The maximum atomic E-state index is 13.5. The molecule has 0 spiro atoms. The Balaban J connectivity index is 1.80. The molecule has 2 aromatic carbocycles. The first-order valence-electron chi connectivity index (χ1n) is 11.4. The number of carbonyl (C=O) groups excluding carboxylic acids is 1. The SMILES string of the molecule is Cc1c(C(=O)OC2CC(C)C(C)(C)C2(C)C)nn(-c2ccc(Cl)cc2Cl)c1-c1ccc(Cl)cc1. The zero-order valence-electron chi connectivity index (χ0n) is 20.2. The van der Waals surface area contributed by atoms with Gasteiger partial charge in [-0.25, -0.2) is 9.48 Å². The van der Waals surface area contributed by atoms with E-state index in [0.717, 1.165) is 17.7 Å². The van der Waals surface area contributed by atoms with Crippen LogP contribution in [0, 0.1) is 23.7 Å². The minimum Gasteiger partial charge on any atom is -0.457 e. The third kappa shape index (κ3) is 4.14. The summed E-state index contributed by atoms with van der Waals surface area (Å²) in [7, 11) is 0. The first kappa shape index (κ1) is 25.1. The molecule has 1 aliphatic carbocycles. The molecule has 0 aliphatic heterocycles. The van der Waals surface area contributed by atoms with Crippen molar-refractivity contribution in [3.63, 3.8) is 0 Å². The quantitative estimate of drug-likeness (QED) is 0.325.